The molecular weight excluding hydrogens is 348 g/mol. The summed E-state index contributed by atoms with van der Waals surface area (Å²) in [6, 6.07) is 2.62. The van der Waals surface area contributed by atoms with Crippen LogP contribution in [-0.2, 0) is 16.0 Å². The molecule has 3 rings (SSSR count). The first-order chi connectivity index (χ1) is 11.1. The van der Waals surface area contributed by atoms with Crippen LogP contribution < -0.4 is 0 Å². The Kier molecular flexibility index (Phi) is 4.22. The second-order valence-corrected chi connectivity index (χ2v) is 8.97. The maximum absolute atomic E-state index is 14.2. The van der Waals surface area contributed by atoms with Crippen molar-refractivity contribution in [3.63, 3.8) is 0 Å². The van der Waals surface area contributed by atoms with E-state index in [2.05, 4.69) is 0 Å². The number of fused-ring (bicyclic) bond motifs is 2. The first-order valence-corrected chi connectivity index (χ1v) is 9.36. The van der Waals surface area contributed by atoms with E-state index in [1.807, 2.05) is 0 Å². The van der Waals surface area contributed by atoms with Crippen molar-refractivity contribution >= 4 is 15.6 Å². The van der Waals surface area contributed by atoms with Crippen molar-refractivity contribution in [1.82, 2.24) is 0 Å². The fourth-order valence-electron chi connectivity index (χ4n) is 3.78. The van der Waals surface area contributed by atoms with Crippen LogP contribution in [0.15, 0.2) is 18.2 Å². The Labute approximate surface area is 137 Å². The van der Waals surface area contributed by atoms with E-state index in [4.69, 9.17) is 0 Å². The first kappa shape index (κ1) is 17.4. The molecule has 2 saturated heterocycles. The molecule has 2 atom stereocenters. The number of carbonyl (C=O) groups excluding carboxylic acids is 1. The van der Waals surface area contributed by atoms with E-state index >= 15 is 0 Å². The van der Waals surface area contributed by atoms with Gasteiger partial charge in [0.25, 0.3) is 0 Å². The minimum atomic E-state index is -4.88. The minimum Gasteiger partial charge on any atom is -0.294 e. The van der Waals surface area contributed by atoms with E-state index in [-0.39, 0.29) is 12.8 Å². The van der Waals surface area contributed by atoms with Crippen molar-refractivity contribution in [1.29, 1.82) is 0 Å². The molecule has 1 aromatic rings. The van der Waals surface area contributed by atoms with Crippen LogP contribution in [0, 0.1) is 11.7 Å². The molecule has 132 valence electrons. The van der Waals surface area contributed by atoms with Crippen molar-refractivity contribution in [2.45, 2.75) is 48.8 Å². The molecule has 2 heterocycles. The quantitative estimate of drug-likeness (QED) is 0.593. The number of Topliss-reactive ketones (excluding diaryl/α,β-unsaturated/α-hetero) is 1. The smallest absolute Gasteiger partial charge is 0.294 e. The van der Waals surface area contributed by atoms with E-state index in [9.17, 15) is 30.8 Å². The molecule has 24 heavy (non-hydrogen) atoms. The molecule has 3 nitrogen and oxygen atoms in total. The third-order valence-corrected chi connectivity index (χ3v) is 7.73. The molecule has 0 N–H and O–H groups in total. The molecule has 0 radical (unpaired) electrons. The third-order valence-electron chi connectivity index (χ3n) is 5.02. The number of carbonyl (C=O) groups is 1. The summed E-state index contributed by atoms with van der Waals surface area (Å²) in [5.41, 5.74) is -2.08. The molecule has 2 bridgehead atoms. The Morgan fingerprint density at radius 1 is 1.08 bits per heavy atom. The number of sulfone groups is 1. The number of ketones is 1. The lowest BCUT2D eigenvalue weighted by Gasteiger charge is -2.38. The van der Waals surface area contributed by atoms with E-state index < -0.39 is 55.2 Å². The lowest BCUT2D eigenvalue weighted by atomic mass is 9.84. The van der Waals surface area contributed by atoms with Gasteiger partial charge in [0.15, 0.2) is 15.6 Å². The van der Waals surface area contributed by atoms with Crippen LogP contribution in [0.2, 0.25) is 0 Å². The average molecular weight is 364 g/mol. The standard InChI is InChI=1S/C16H16F4O3S/c17-14-12(5-2-6-13(14)16(18,19)20)15(21)9-7-10-3-1-4-11(8-9)24(10,22)23/h2,5-6,9-11H,1,3-4,7-8H2. The fourth-order valence-corrected chi connectivity index (χ4v) is 6.32. The number of benzene rings is 1. The molecule has 0 saturated carbocycles. The number of hydrogen-bond donors (Lipinski definition) is 0. The summed E-state index contributed by atoms with van der Waals surface area (Å²) in [7, 11) is -3.28. The van der Waals surface area contributed by atoms with Crippen LogP contribution in [0.4, 0.5) is 17.6 Å². The zero-order chi connectivity index (χ0) is 17.7. The SMILES string of the molecule is O=C(c1cccc(C(F)(F)F)c1F)C1CC2CCCC(C1)S2(=O)=O. The van der Waals surface area contributed by atoms with Gasteiger partial charge in [-0.2, -0.15) is 13.2 Å². The van der Waals surface area contributed by atoms with Crippen molar-refractivity contribution < 1.29 is 30.8 Å². The third kappa shape index (κ3) is 2.85. The summed E-state index contributed by atoms with van der Waals surface area (Å²) in [4.78, 5) is 12.5. The van der Waals surface area contributed by atoms with Crippen LogP contribution in [-0.4, -0.2) is 24.7 Å². The summed E-state index contributed by atoms with van der Waals surface area (Å²) in [6.45, 7) is 0. The van der Waals surface area contributed by atoms with E-state index in [0.717, 1.165) is 18.6 Å². The van der Waals surface area contributed by atoms with Gasteiger partial charge in [0, 0.05) is 5.92 Å². The Morgan fingerprint density at radius 3 is 2.21 bits per heavy atom. The highest BCUT2D eigenvalue weighted by Crippen LogP contribution is 2.41. The minimum absolute atomic E-state index is 0.0628. The highest BCUT2D eigenvalue weighted by atomic mass is 32.2. The zero-order valence-electron chi connectivity index (χ0n) is 12.6. The summed E-state index contributed by atoms with van der Waals surface area (Å²) in [6.07, 6.45) is -3.09. The van der Waals surface area contributed by atoms with Gasteiger partial charge in [-0.25, -0.2) is 12.8 Å². The number of halogens is 4. The van der Waals surface area contributed by atoms with Crippen molar-refractivity contribution in [2.75, 3.05) is 0 Å². The monoisotopic (exact) mass is 364 g/mol. The van der Waals surface area contributed by atoms with Crippen LogP contribution >= 0.6 is 0 Å². The Balaban J connectivity index is 1.91. The van der Waals surface area contributed by atoms with Crippen LogP contribution in [0.1, 0.15) is 48.0 Å². The fraction of sp³-hybridized carbons (Fsp3) is 0.562. The maximum atomic E-state index is 14.2. The molecule has 0 aromatic heterocycles. The van der Waals surface area contributed by atoms with Gasteiger partial charge in [-0.3, -0.25) is 4.79 Å². The average Bonchev–Trinajstić information content (AvgIpc) is 2.44. The van der Waals surface area contributed by atoms with Crippen LogP contribution in [0.5, 0.6) is 0 Å². The summed E-state index contributed by atoms with van der Waals surface area (Å²) in [5, 5.41) is -1.29. The summed E-state index contributed by atoms with van der Waals surface area (Å²) >= 11 is 0. The Bertz CT molecular complexity index is 750. The highest BCUT2D eigenvalue weighted by molar-refractivity contribution is 7.92. The second kappa shape index (κ2) is 5.82. The highest BCUT2D eigenvalue weighted by Gasteiger charge is 2.46. The summed E-state index contributed by atoms with van der Waals surface area (Å²) in [5.74, 6) is -3.05. The molecule has 2 aliphatic rings. The normalized spacial score (nSPS) is 29.2. The van der Waals surface area contributed by atoms with Crippen molar-refractivity contribution in [3.05, 3.63) is 35.1 Å². The Morgan fingerprint density at radius 2 is 1.67 bits per heavy atom. The molecular formula is C16H16F4O3S. The van der Waals surface area contributed by atoms with Crippen LogP contribution in [0.25, 0.3) is 0 Å². The largest absolute Gasteiger partial charge is 0.419 e. The lowest BCUT2D eigenvalue weighted by molar-refractivity contribution is -0.140. The zero-order valence-corrected chi connectivity index (χ0v) is 13.5. The van der Waals surface area contributed by atoms with Gasteiger partial charge in [-0.15, -0.1) is 0 Å². The molecule has 0 spiro atoms. The van der Waals surface area contributed by atoms with Gasteiger partial charge in [0.1, 0.15) is 5.82 Å². The van der Waals surface area contributed by atoms with Crippen molar-refractivity contribution in [2.24, 2.45) is 5.92 Å². The number of rotatable bonds is 2. The predicted octanol–water partition coefficient (Wildman–Crippen LogP) is 3.77. The molecule has 2 unspecified atom stereocenters. The first-order valence-electron chi connectivity index (χ1n) is 7.75. The molecule has 0 aliphatic carbocycles. The van der Waals surface area contributed by atoms with E-state index in [1.54, 1.807) is 0 Å². The van der Waals surface area contributed by atoms with Gasteiger partial charge >= 0.3 is 6.18 Å². The number of alkyl halides is 3. The van der Waals surface area contributed by atoms with Crippen molar-refractivity contribution in [3.8, 4) is 0 Å². The molecule has 8 heteroatoms. The van der Waals surface area contributed by atoms with Crippen LogP contribution in [0.3, 0.4) is 0 Å². The van der Waals surface area contributed by atoms with Gasteiger partial charge in [-0.1, -0.05) is 12.5 Å². The van der Waals surface area contributed by atoms with E-state index in [1.165, 1.54) is 0 Å². The number of hydrogen-bond acceptors (Lipinski definition) is 3. The van der Waals surface area contributed by atoms with Gasteiger partial charge in [0.2, 0.25) is 0 Å². The molecule has 0 amide bonds. The van der Waals surface area contributed by atoms with Gasteiger partial charge in [-0.05, 0) is 37.8 Å². The molecule has 1 aromatic carbocycles. The maximum Gasteiger partial charge on any atom is 0.419 e. The Hall–Kier alpha value is -1.44. The second-order valence-electron chi connectivity index (χ2n) is 6.46. The topological polar surface area (TPSA) is 51.2 Å². The lowest BCUT2D eigenvalue weighted by Crippen LogP contribution is -2.45. The summed E-state index contributed by atoms with van der Waals surface area (Å²) < 4.78 is 77.0. The van der Waals surface area contributed by atoms with Gasteiger partial charge in [0.05, 0.1) is 21.6 Å². The van der Waals surface area contributed by atoms with E-state index in [0.29, 0.717) is 18.9 Å². The van der Waals surface area contributed by atoms with Gasteiger partial charge < -0.3 is 0 Å². The predicted molar refractivity (Wildman–Crippen MR) is 78.8 cm³/mol. The molecule has 2 fully saturated rings. The molecule has 2 aliphatic heterocycles.